The summed E-state index contributed by atoms with van der Waals surface area (Å²) >= 11 is 0. The number of carbonyl (C=O) groups is 1. The van der Waals surface area contributed by atoms with Crippen molar-refractivity contribution in [3.05, 3.63) is 0 Å². The summed E-state index contributed by atoms with van der Waals surface area (Å²) in [4.78, 5) is 13.9. The molecule has 3 N–H and O–H groups in total. The fourth-order valence-corrected chi connectivity index (χ4v) is 1.97. The first-order valence-corrected chi connectivity index (χ1v) is 6.77. The summed E-state index contributed by atoms with van der Waals surface area (Å²) < 4.78 is 5.23. The third kappa shape index (κ3) is 7.63. The van der Waals surface area contributed by atoms with Crippen LogP contribution in [0.4, 0.5) is 0 Å². The van der Waals surface area contributed by atoms with Crippen LogP contribution in [0.15, 0.2) is 0 Å². The lowest BCUT2D eigenvalue weighted by molar-refractivity contribution is -0.123. The lowest BCUT2D eigenvalue weighted by Gasteiger charge is -2.30. The minimum absolute atomic E-state index is 0.0701. The highest BCUT2D eigenvalue weighted by Crippen LogP contribution is 2.07. The van der Waals surface area contributed by atoms with Gasteiger partial charge in [-0.25, -0.2) is 0 Å². The van der Waals surface area contributed by atoms with E-state index in [1.165, 1.54) is 0 Å². The minimum Gasteiger partial charge on any atom is -0.383 e. The van der Waals surface area contributed by atoms with Gasteiger partial charge < -0.3 is 15.8 Å². The molecular weight excluding hydrogens is 230 g/mol. The first-order chi connectivity index (χ1) is 8.54. The average molecular weight is 259 g/mol. The Morgan fingerprint density at radius 3 is 2.56 bits per heavy atom. The van der Waals surface area contributed by atoms with Crippen LogP contribution in [-0.2, 0) is 9.53 Å². The van der Waals surface area contributed by atoms with E-state index in [9.17, 15) is 4.79 Å². The smallest absolute Gasteiger partial charge is 0.234 e. The molecule has 0 radical (unpaired) electrons. The van der Waals surface area contributed by atoms with Gasteiger partial charge in [0.25, 0.3) is 0 Å². The Kier molecular flexibility index (Phi) is 9.92. The van der Waals surface area contributed by atoms with E-state index < -0.39 is 0 Å². The van der Waals surface area contributed by atoms with Gasteiger partial charge in [-0.3, -0.25) is 9.69 Å². The van der Waals surface area contributed by atoms with Crippen molar-refractivity contribution in [1.29, 1.82) is 0 Å². The van der Waals surface area contributed by atoms with E-state index in [-0.39, 0.29) is 18.0 Å². The molecule has 0 aliphatic heterocycles. The van der Waals surface area contributed by atoms with E-state index >= 15 is 0 Å². The van der Waals surface area contributed by atoms with Gasteiger partial charge in [-0.15, -0.1) is 0 Å². The number of nitrogens with zero attached hydrogens (tertiary/aromatic N) is 1. The normalized spacial score (nSPS) is 13.1. The Bertz CT molecular complexity index is 222. The third-order valence-corrected chi connectivity index (χ3v) is 2.82. The zero-order valence-electron chi connectivity index (χ0n) is 12.2. The molecule has 0 aromatic heterocycles. The second kappa shape index (κ2) is 10.3. The van der Waals surface area contributed by atoms with E-state index in [1.807, 2.05) is 13.8 Å². The van der Waals surface area contributed by atoms with Gasteiger partial charge in [0, 0.05) is 19.2 Å². The molecule has 5 heteroatoms. The Balaban J connectivity index is 4.34. The van der Waals surface area contributed by atoms with Crippen molar-refractivity contribution in [3.8, 4) is 0 Å². The van der Waals surface area contributed by atoms with Crippen LogP contribution in [0.5, 0.6) is 0 Å². The number of hydrogen-bond acceptors (Lipinski definition) is 4. The first kappa shape index (κ1) is 17.4. The van der Waals surface area contributed by atoms with E-state index in [4.69, 9.17) is 10.5 Å². The molecule has 1 unspecified atom stereocenters. The SMILES string of the molecule is CCN(CC(=O)NC(C)C)C(CCCN)COC. The lowest BCUT2D eigenvalue weighted by atomic mass is 10.1. The van der Waals surface area contributed by atoms with E-state index in [0.29, 0.717) is 19.7 Å². The van der Waals surface area contributed by atoms with Crippen molar-refractivity contribution >= 4 is 5.91 Å². The number of methoxy groups -OCH3 is 1. The van der Waals surface area contributed by atoms with Crippen LogP contribution < -0.4 is 11.1 Å². The highest BCUT2D eigenvalue weighted by Gasteiger charge is 2.19. The Labute approximate surface area is 111 Å². The molecule has 0 aromatic carbocycles. The highest BCUT2D eigenvalue weighted by atomic mass is 16.5. The molecule has 1 atom stereocenters. The number of likely N-dealkylation sites (N-methyl/N-ethyl adjacent to an activating group) is 1. The molecule has 1 amide bonds. The number of nitrogens with two attached hydrogens (primary N) is 1. The van der Waals surface area contributed by atoms with Gasteiger partial charge in [-0.2, -0.15) is 0 Å². The lowest BCUT2D eigenvalue weighted by Crippen LogP contribution is -2.46. The molecular formula is C13H29N3O2. The summed E-state index contributed by atoms with van der Waals surface area (Å²) in [5.74, 6) is 0.0701. The van der Waals surface area contributed by atoms with Crippen molar-refractivity contribution in [2.75, 3.05) is 33.4 Å². The van der Waals surface area contributed by atoms with Crippen LogP contribution in [0.2, 0.25) is 0 Å². The topological polar surface area (TPSA) is 67.6 Å². The predicted octanol–water partition coefficient (Wildman–Crippen LogP) is 0.587. The van der Waals surface area contributed by atoms with Gasteiger partial charge in [0.05, 0.1) is 13.2 Å². The van der Waals surface area contributed by atoms with Crippen LogP contribution >= 0.6 is 0 Å². The maximum atomic E-state index is 11.8. The number of ether oxygens (including phenoxy) is 1. The van der Waals surface area contributed by atoms with Crippen LogP contribution in [-0.4, -0.2) is 56.2 Å². The van der Waals surface area contributed by atoms with E-state index in [2.05, 4.69) is 17.1 Å². The molecule has 0 spiro atoms. The van der Waals surface area contributed by atoms with Gasteiger partial charge in [-0.1, -0.05) is 6.92 Å². The Hall–Kier alpha value is -0.650. The standard InChI is InChI=1S/C13H29N3O2/c1-5-16(9-13(17)15-11(2)3)12(10-18-4)7-6-8-14/h11-12H,5-10,14H2,1-4H3,(H,15,17). The van der Waals surface area contributed by atoms with Crippen LogP contribution in [0.3, 0.4) is 0 Å². The van der Waals surface area contributed by atoms with Crippen molar-refractivity contribution in [2.24, 2.45) is 5.73 Å². The van der Waals surface area contributed by atoms with Crippen LogP contribution in [0.25, 0.3) is 0 Å². The average Bonchev–Trinajstić information content (AvgIpc) is 2.30. The summed E-state index contributed by atoms with van der Waals surface area (Å²) in [7, 11) is 1.69. The number of rotatable bonds is 10. The van der Waals surface area contributed by atoms with Gasteiger partial charge in [0.15, 0.2) is 0 Å². The van der Waals surface area contributed by atoms with Gasteiger partial charge in [0.1, 0.15) is 0 Å². The van der Waals surface area contributed by atoms with Crippen molar-refractivity contribution in [3.63, 3.8) is 0 Å². The first-order valence-electron chi connectivity index (χ1n) is 6.77. The number of carbonyl (C=O) groups excluding carboxylic acids is 1. The van der Waals surface area contributed by atoms with Crippen molar-refractivity contribution < 1.29 is 9.53 Å². The molecule has 0 aliphatic carbocycles. The third-order valence-electron chi connectivity index (χ3n) is 2.82. The van der Waals surface area contributed by atoms with E-state index in [1.54, 1.807) is 7.11 Å². The molecule has 108 valence electrons. The molecule has 0 saturated carbocycles. The second-order valence-electron chi connectivity index (χ2n) is 4.83. The predicted molar refractivity (Wildman–Crippen MR) is 74.5 cm³/mol. The Morgan fingerprint density at radius 2 is 2.11 bits per heavy atom. The molecule has 0 saturated heterocycles. The highest BCUT2D eigenvalue weighted by molar-refractivity contribution is 5.78. The number of amides is 1. The maximum Gasteiger partial charge on any atom is 0.234 e. The molecule has 0 fully saturated rings. The summed E-state index contributed by atoms with van der Waals surface area (Å²) in [6.07, 6.45) is 1.92. The number of nitrogens with one attached hydrogen (secondary N) is 1. The fourth-order valence-electron chi connectivity index (χ4n) is 1.97. The monoisotopic (exact) mass is 259 g/mol. The molecule has 0 bridgehead atoms. The molecule has 0 aliphatic rings. The molecule has 18 heavy (non-hydrogen) atoms. The fraction of sp³-hybridized carbons (Fsp3) is 0.923. The van der Waals surface area contributed by atoms with Crippen LogP contribution in [0.1, 0.15) is 33.6 Å². The second-order valence-corrected chi connectivity index (χ2v) is 4.83. The van der Waals surface area contributed by atoms with Gasteiger partial charge in [-0.05, 0) is 39.8 Å². The molecule has 5 nitrogen and oxygen atoms in total. The zero-order chi connectivity index (χ0) is 14.0. The number of hydrogen-bond donors (Lipinski definition) is 2. The molecule has 0 aromatic rings. The van der Waals surface area contributed by atoms with Crippen molar-refractivity contribution in [1.82, 2.24) is 10.2 Å². The van der Waals surface area contributed by atoms with Crippen LogP contribution in [0, 0.1) is 0 Å². The summed E-state index contributed by atoms with van der Waals surface area (Å²) in [6, 6.07) is 0.447. The summed E-state index contributed by atoms with van der Waals surface area (Å²) in [5.41, 5.74) is 5.54. The quantitative estimate of drug-likeness (QED) is 0.602. The molecule has 0 rings (SSSR count). The summed E-state index contributed by atoms with van der Waals surface area (Å²) in [6.45, 7) is 8.58. The maximum absolute atomic E-state index is 11.8. The van der Waals surface area contributed by atoms with Gasteiger partial charge in [0.2, 0.25) is 5.91 Å². The summed E-state index contributed by atoms with van der Waals surface area (Å²) in [5, 5.41) is 2.91. The largest absolute Gasteiger partial charge is 0.383 e. The molecule has 0 heterocycles. The Morgan fingerprint density at radius 1 is 1.44 bits per heavy atom. The zero-order valence-corrected chi connectivity index (χ0v) is 12.2. The minimum atomic E-state index is 0.0701. The van der Waals surface area contributed by atoms with Gasteiger partial charge >= 0.3 is 0 Å². The van der Waals surface area contributed by atoms with Crippen molar-refractivity contribution in [2.45, 2.75) is 45.7 Å². The van der Waals surface area contributed by atoms with E-state index in [0.717, 1.165) is 19.4 Å².